The minimum Gasteiger partial charge on any atom is -0.412 e. The summed E-state index contributed by atoms with van der Waals surface area (Å²) >= 11 is 0. The molecule has 4 nitrogen and oxygen atoms in total. The Morgan fingerprint density at radius 1 is 0.838 bits per heavy atom. The molecule has 200 valence electrons. The number of hydrogen-bond donors (Lipinski definition) is 0. The molecule has 0 aliphatic heterocycles. The van der Waals surface area contributed by atoms with Crippen molar-refractivity contribution in [1.29, 1.82) is 0 Å². The summed E-state index contributed by atoms with van der Waals surface area (Å²) in [4.78, 5) is 14.4. The maximum atomic E-state index is 14.2. The van der Waals surface area contributed by atoms with Crippen LogP contribution in [-0.4, -0.2) is 33.9 Å². The Bertz CT molecular complexity index is 1260. The van der Waals surface area contributed by atoms with Gasteiger partial charge in [-0.15, -0.1) is 0 Å². The molecular weight excluding hydrogens is 496 g/mol. The van der Waals surface area contributed by atoms with Crippen LogP contribution in [0.1, 0.15) is 67.4 Å². The van der Waals surface area contributed by atoms with E-state index >= 15 is 0 Å². The van der Waals surface area contributed by atoms with Crippen molar-refractivity contribution in [2.24, 2.45) is 11.3 Å². The molecule has 1 saturated carbocycles. The highest BCUT2D eigenvalue weighted by Gasteiger charge is 2.62. The van der Waals surface area contributed by atoms with E-state index in [0.29, 0.717) is 28.6 Å². The first-order valence-corrected chi connectivity index (χ1v) is 17.2. The molecule has 0 bridgehead atoms. The van der Waals surface area contributed by atoms with Gasteiger partial charge in [-0.05, 0) is 46.2 Å². The first-order chi connectivity index (χ1) is 17.3. The van der Waals surface area contributed by atoms with Crippen molar-refractivity contribution in [3.63, 3.8) is 0 Å². The molecule has 37 heavy (non-hydrogen) atoms. The fourth-order valence-electron chi connectivity index (χ4n) is 7.32. The topological polar surface area (TPSA) is 60.4 Å². The van der Waals surface area contributed by atoms with Crippen molar-refractivity contribution in [2.75, 3.05) is 0 Å². The normalized spacial score (nSPS) is 24.0. The number of ketones is 1. The molecular formula is C31H42O4SSi. The number of carbonyl (C=O) groups excluding carboxylic acids is 1. The minimum absolute atomic E-state index is 0.200. The molecule has 2 aliphatic carbocycles. The molecule has 0 aromatic heterocycles. The zero-order chi connectivity index (χ0) is 27.3. The predicted molar refractivity (Wildman–Crippen MR) is 154 cm³/mol. The highest BCUT2D eigenvalue weighted by molar-refractivity contribution is 7.93. The molecule has 2 aliphatic rings. The SMILES string of the molecule is CC(C)[Si](O[C@@H]1[C@H]2C(=C(c3ccccc3)C(=O)[C@@H]2S(=O)(=O)c2ccccc2)CC1(C)C)(C(C)C)C(C)C. The largest absolute Gasteiger partial charge is 0.412 e. The molecule has 0 heterocycles. The Morgan fingerprint density at radius 3 is 1.81 bits per heavy atom. The molecule has 3 atom stereocenters. The third-order valence-electron chi connectivity index (χ3n) is 8.80. The van der Waals surface area contributed by atoms with Gasteiger partial charge < -0.3 is 4.43 Å². The lowest BCUT2D eigenvalue weighted by atomic mass is 9.85. The molecule has 0 amide bonds. The van der Waals surface area contributed by atoms with Gasteiger partial charge in [0.15, 0.2) is 15.6 Å². The van der Waals surface area contributed by atoms with E-state index in [9.17, 15) is 13.2 Å². The lowest BCUT2D eigenvalue weighted by Gasteiger charge is -2.48. The van der Waals surface area contributed by atoms with Crippen molar-refractivity contribution in [3.05, 3.63) is 71.8 Å². The zero-order valence-electron chi connectivity index (χ0n) is 23.5. The predicted octanol–water partition coefficient (Wildman–Crippen LogP) is 7.47. The van der Waals surface area contributed by atoms with E-state index in [0.717, 1.165) is 11.1 Å². The standard InChI is InChI=1S/C31H42O4SSi/c1-20(2)37(21(3)4,22(5)6)35-30-27-25(19-31(30,7)8)26(23-15-11-9-12-16-23)28(32)29(27)36(33,34)24-17-13-10-14-18-24/h9-18,20-22,27,29-30H,19H2,1-8H3/t27-,29+,30+/m0/s1. The fourth-order valence-corrected chi connectivity index (χ4v) is 15.0. The van der Waals surface area contributed by atoms with Crippen LogP contribution in [0.3, 0.4) is 0 Å². The monoisotopic (exact) mass is 538 g/mol. The van der Waals surface area contributed by atoms with Gasteiger partial charge in [-0.3, -0.25) is 4.79 Å². The second-order valence-electron chi connectivity index (χ2n) is 12.5. The summed E-state index contributed by atoms with van der Waals surface area (Å²) < 4.78 is 35.8. The van der Waals surface area contributed by atoms with E-state index in [1.165, 1.54) is 0 Å². The number of rotatable bonds is 8. The molecule has 0 saturated heterocycles. The van der Waals surface area contributed by atoms with Crippen LogP contribution in [0.4, 0.5) is 0 Å². The summed E-state index contributed by atoms with van der Waals surface area (Å²) in [6.45, 7) is 17.9. The van der Waals surface area contributed by atoms with Crippen LogP contribution in [0.5, 0.6) is 0 Å². The van der Waals surface area contributed by atoms with Crippen LogP contribution >= 0.6 is 0 Å². The van der Waals surface area contributed by atoms with Crippen molar-refractivity contribution in [1.82, 2.24) is 0 Å². The highest BCUT2D eigenvalue weighted by atomic mass is 32.2. The lowest BCUT2D eigenvalue weighted by Crippen LogP contribution is -2.54. The molecule has 2 aromatic rings. The van der Waals surface area contributed by atoms with Gasteiger partial charge >= 0.3 is 0 Å². The third kappa shape index (κ3) is 4.49. The number of hydrogen-bond acceptors (Lipinski definition) is 4. The minimum atomic E-state index is -3.94. The first kappa shape index (κ1) is 28.0. The van der Waals surface area contributed by atoms with E-state index in [4.69, 9.17) is 4.43 Å². The van der Waals surface area contributed by atoms with Gasteiger partial charge in [0, 0.05) is 11.5 Å². The summed E-state index contributed by atoms with van der Waals surface area (Å²) in [6, 6.07) is 18.0. The zero-order valence-corrected chi connectivity index (χ0v) is 25.3. The van der Waals surface area contributed by atoms with Crippen molar-refractivity contribution < 1.29 is 17.6 Å². The summed E-state index contributed by atoms with van der Waals surface area (Å²) in [6.07, 6.45) is 0.299. The van der Waals surface area contributed by atoms with Gasteiger partial charge in [-0.2, -0.15) is 0 Å². The molecule has 2 aromatic carbocycles. The number of allylic oxidation sites excluding steroid dienone is 1. The Labute approximate surface area is 224 Å². The van der Waals surface area contributed by atoms with E-state index in [2.05, 4.69) is 55.4 Å². The second-order valence-corrected chi connectivity index (χ2v) is 19.9. The summed E-state index contributed by atoms with van der Waals surface area (Å²) in [5.74, 6) is -0.781. The summed E-state index contributed by atoms with van der Waals surface area (Å²) in [7, 11) is -6.30. The first-order valence-electron chi connectivity index (χ1n) is 13.6. The Hall–Kier alpha value is -2.02. The number of Topliss-reactive ketones (excluding diaryl/α,β-unsaturated/α-hetero) is 1. The van der Waals surface area contributed by atoms with Gasteiger partial charge in [0.25, 0.3) is 0 Å². The third-order valence-corrected chi connectivity index (χ3v) is 17.0. The molecule has 1 fully saturated rings. The van der Waals surface area contributed by atoms with Crippen molar-refractivity contribution >= 4 is 29.5 Å². The lowest BCUT2D eigenvalue weighted by molar-refractivity contribution is -0.114. The van der Waals surface area contributed by atoms with E-state index in [1.54, 1.807) is 30.3 Å². The smallest absolute Gasteiger partial charge is 0.200 e. The fraction of sp³-hybridized carbons (Fsp3) is 0.516. The van der Waals surface area contributed by atoms with E-state index in [1.807, 2.05) is 30.3 Å². The van der Waals surface area contributed by atoms with Gasteiger partial charge in [-0.25, -0.2) is 8.42 Å². The van der Waals surface area contributed by atoms with Gasteiger partial charge in [0.1, 0.15) is 5.25 Å². The highest BCUT2D eigenvalue weighted by Crippen LogP contribution is 2.59. The average molecular weight is 539 g/mol. The van der Waals surface area contributed by atoms with Crippen LogP contribution in [0.25, 0.3) is 5.57 Å². The quantitative estimate of drug-likeness (QED) is 0.327. The van der Waals surface area contributed by atoms with E-state index in [-0.39, 0.29) is 22.2 Å². The maximum absolute atomic E-state index is 14.2. The van der Waals surface area contributed by atoms with Gasteiger partial charge in [0.05, 0.1) is 11.0 Å². The average Bonchev–Trinajstić information content (AvgIpc) is 3.24. The van der Waals surface area contributed by atoms with Crippen LogP contribution < -0.4 is 0 Å². The summed E-state index contributed by atoms with van der Waals surface area (Å²) in [5, 5.41) is -1.18. The molecule has 0 spiro atoms. The maximum Gasteiger partial charge on any atom is 0.200 e. The van der Waals surface area contributed by atoms with Crippen LogP contribution in [-0.2, 0) is 19.1 Å². The second kappa shape index (κ2) is 9.94. The van der Waals surface area contributed by atoms with Gasteiger partial charge in [-0.1, -0.05) is 109 Å². The van der Waals surface area contributed by atoms with Crippen LogP contribution in [0, 0.1) is 11.3 Å². The van der Waals surface area contributed by atoms with Crippen molar-refractivity contribution in [2.45, 2.75) is 94.7 Å². The molecule has 4 rings (SSSR count). The van der Waals surface area contributed by atoms with Crippen molar-refractivity contribution in [3.8, 4) is 0 Å². The summed E-state index contributed by atoms with van der Waals surface area (Å²) in [5.41, 5.74) is 3.09. The molecule has 0 N–H and O–H groups in total. The Kier molecular flexibility index (Phi) is 7.52. The number of fused-ring (bicyclic) bond motifs is 1. The van der Waals surface area contributed by atoms with Crippen LogP contribution in [0.2, 0.25) is 16.6 Å². The number of sulfone groups is 1. The molecule has 6 heteroatoms. The van der Waals surface area contributed by atoms with Gasteiger partial charge in [0.2, 0.25) is 8.32 Å². The number of benzene rings is 2. The number of carbonyl (C=O) groups is 1. The van der Waals surface area contributed by atoms with Crippen LogP contribution in [0.15, 0.2) is 71.1 Å². The molecule has 0 unspecified atom stereocenters. The Morgan fingerprint density at radius 2 is 1.32 bits per heavy atom. The van der Waals surface area contributed by atoms with E-state index < -0.39 is 29.3 Å². The Balaban J connectivity index is 1.95. The molecule has 0 radical (unpaired) electrons.